The maximum absolute atomic E-state index is 13.5. The summed E-state index contributed by atoms with van der Waals surface area (Å²) >= 11 is 0. The molecule has 192 valence electrons. The van der Waals surface area contributed by atoms with E-state index in [1.165, 1.54) is 23.3 Å². The molecule has 5 heteroatoms. The molecule has 3 aromatic carbocycles. The van der Waals surface area contributed by atoms with Crippen molar-refractivity contribution in [3.8, 4) is 11.8 Å². The zero-order chi connectivity index (χ0) is 27.0. The normalized spacial score (nSPS) is 16.2. The summed E-state index contributed by atoms with van der Waals surface area (Å²) in [5.74, 6) is 5.25. The summed E-state index contributed by atoms with van der Waals surface area (Å²) in [7, 11) is 2.04. The second-order valence-electron chi connectivity index (χ2n) is 11.3. The van der Waals surface area contributed by atoms with Crippen molar-refractivity contribution in [1.29, 1.82) is 0 Å². The average molecular weight is 499 g/mol. The highest BCUT2D eigenvalue weighted by atomic mass is 19.1. The van der Waals surface area contributed by atoms with Crippen LogP contribution in [0.1, 0.15) is 84.8 Å². The third kappa shape index (κ3) is 5.70. The van der Waals surface area contributed by atoms with E-state index in [4.69, 9.17) is 5.73 Å². The van der Waals surface area contributed by atoms with Crippen molar-refractivity contribution in [2.45, 2.75) is 64.0 Å². The molecule has 4 nitrogen and oxygen atoms in total. The van der Waals surface area contributed by atoms with Gasteiger partial charge in [0.15, 0.2) is 0 Å². The van der Waals surface area contributed by atoms with Crippen LogP contribution in [0.25, 0.3) is 0 Å². The summed E-state index contributed by atoms with van der Waals surface area (Å²) in [5.41, 5.74) is 11.7. The van der Waals surface area contributed by atoms with Gasteiger partial charge in [0.05, 0.1) is 0 Å². The molecule has 1 aliphatic carbocycles. The minimum atomic E-state index is -0.986. The van der Waals surface area contributed by atoms with Crippen LogP contribution in [0.3, 0.4) is 0 Å². The Balaban J connectivity index is 1.76. The molecule has 4 rings (SSSR count). The number of nitrogens with two attached hydrogens (primary N) is 1. The molecule has 0 fully saturated rings. The van der Waals surface area contributed by atoms with Gasteiger partial charge in [0.2, 0.25) is 5.91 Å². The number of halogens is 1. The molecule has 3 aromatic rings. The smallest absolute Gasteiger partial charge is 0.248 e. The van der Waals surface area contributed by atoms with Gasteiger partial charge in [-0.25, -0.2) is 4.39 Å². The Bertz CT molecular complexity index is 1360. The topological polar surface area (TPSA) is 66.6 Å². The summed E-state index contributed by atoms with van der Waals surface area (Å²) in [5, 5.41) is 11.1. The predicted octanol–water partition coefficient (Wildman–Crippen LogP) is 6.00. The van der Waals surface area contributed by atoms with Crippen molar-refractivity contribution in [2.75, 3.05) is 11.9 Å². The van der Waals surface area contributed by atoms with Crippen LogP contribution in [0.15, 0.2) is 60.7 Å². The highest BCUT2D eigenvalue weighted by Gasteiger charge is 2.40. The van der Waals surface area contributed by atoms with E-state index in [2.05, 4.69) is 50.5 Å². The Kier molecular flexibility index (Phi) is 7.17. The van der Waals surface area contributed by atoms with E-state index in [0.29, 0.717) is 17.7 Å². The quantitative estimate of drug-likeness (QED) is 0.424. The van der Waals surface area contributed by atoms with E-state index in [1.807, 2.05) is 13.1 Å². The van der Waals surface area contributed by atoms with Crippen molar-refractivity contribution in [2.24, 2.45) is 5.73 Å². The Morgan fingerprint density at radius 3 is 2.27 bits per heavy atom. The van der Waals surface area contributed by atoms with Crippen LogP contribution in [0.2, 0.25) is 0 Å². The first kappa shape index (κ1) is 26.4. The van der Waals surface area contributed by atoms with Crippen LogP contribution in [0.5, 0.6) is 0 Å². The largest absolute Gasteiger partial charge is 0.376 e. The molecule has 1 amide bonds. The minimum absolute atomic E-state index is 0.0332. The average Bonchev–Trinajstić information content (AvgIpc) is 2.86. The number of hydrogen-bond donors (Lipinski definition) is 2. The summed E-state index contributed by atoms with van der Waals surface area (Å²) in [6, 6.07) is 17.4. The second-order valence-corrected chi connectivity index (χ2v) is 11.3. The van der Waals surface area contributed by atoms with E-state index < -0.39 is 12.0 Å². The molecular formula is C32H35FN2O2. The Morgan fingerprint density at radius 2 is 1.65 bits per heavy atom. The zero-order valence-corrected chi connectivity index (χ0v) is 22.2. The van der Waals surface area contributed by atoms with Gasteiger partial charge in [-0.1, -0.05) is 57.7 Å². The van der Waals surface area contributed by atoms with Crippen LogP contribution in [0.4, 0.5) is 10.1 Å². The second kappa shape index (κ2) is 10.0. The fourth-order valence-electron chi connectivity index (χ4n) is 5.14. The maximum Gasteiger partial charge on any atom is 0.248 e. The van der Waals surface area contributed by atoms with Crippen LogP contribution in [-0.4, -0.2) is 18.1 Å². The molecule has 0 saturated heterocycles. The number of carbonyl (C=O) groups excluding carboxylic acids is 1. The first-order valence-electron chi connectivity index (χ1n) is 12.6. The van der Waals surface area contributed by atoms with E-state index in [9.17, 15) is 14.3 Å². The number of hydrogen-bond acceptors (Lipinski definition) is 3. The SMILES string of the molecule is CN(Cc1ccc(F)cc1)c1cc(C(O)C#Cc2ccc(C(N)=O)cc2)cc2c1C(C)(C)CCC2(C)C. The van der Waals surface area contributed by atoms with Gasteiger partial charge in [-0.05, 0) is 88.4 Å². The van der Waals surface area contributed by atoms with Gasteiger partial charge in [-0.3, -0.25) is 4.79 Å². The van der Waals surface area contributed by atoms with Gasteiger partial charge in [-0.2, -0.15) is 0 Å². The summed E-state index contributed by atoms with van der Waals surface area (Å²) in [6.07, 6.45) is 1.12. The molecule has 37 heavy (non-hydrogen) atoms. The van der Waals surface area contributed by atoms with Crippen LogP contribution in [-0.2, 0) is 17.4 Å². The molecule has 0 aliphatic heterocycles. The van der Waals surface area contributed by atoms with E-state index >= 15 is 0 Å². The number of aliphatic hydroxyl groups is 1. The van der Waals surface area contributed by atoms with E-state index in [1.54, 1.807) is 36.4 Å². The number of primary amides is 1. The van der Waals surface area contributed by atoms with E-state index in [-0.39, 0.29) is 16.6 Å². The predicted molar refractivity (Wildman–Crippen MR) is 147 cm³/mol. The lowest BCUT2D eigenvalue weighted by molar-refractivity contribution is 0.1000. The lowest BCUT2D eigenvalue weighted by atomic mass is 9.62. The van der Waals surface area contributed by atoms with Gasteiger partial charge in [0.25, 0.3) is 0 Å². The molecule has 0 saturated carbocycles. The molecule has 0 aromatic heterocycles. The Hall–Kier alpha value is -3.62. The molecule has 0 spiro atoms. The third-order valence-electron chi connectivity index (χ3n) is 7.50. The lowest BCUT2D eigenvalue weighted by Gasteiger charge is -2.44. The number of rotatable bonds is 5. The minimum Gasteiger partial charge on any atom is -0.376 e. The standard InChI is InChI=1S/C32H35FN2O2/c1-31(2)16-17-32(3,4)29-26(31)18-24(19-27(29)35(5)20-22-8-13-25(33)14-9-22)28(36)15-10-21-6-11-23(12-7-21)30(34)37/h6-9,11-14,18-19,28,36H,16-17,20H2,1-5H3,(H2,34,37). The number of fused-ring (bicyclic) bond motifs is 1. The first-order chi connectivity index (χ1) is 17.4. The molecule has 0 heterocycles. The van der Waals surface area contributed by atoms with Gasteiger partial charge < -0.3 is 15.7 Å². The van der Waals surface area contributed by atoms with Crippen molar-refractivity contribution in [3.05, 3.63) is 99.9 Å². The number of nitrogens with zero attached hydrogens (tertiary/aromatic N) is 1. The van der Waals surface area contributed by atoms with Crippen LogP contribution >= 0.6 is 0 Å². The highest BCUT2D eigenvalue weighted by Crippen LogP contribution is 2.50. The van der Waals surface area contributed by atoms with E-state index in [0.717, 1.165) is 29.7 Å². The zero-order valence-electron chi connectivity index (χ0n) is 22.2. The Labute approximate surface area is 219 Å². The van der Waals surface area contributed by atoms with Gasteiger partial charge in [0.1, 0.15) is 11.9 Å². The van der Waals surface area contributed by atoms with Crippen LogP contribution in [0, 0.1) is 17.7 Å². The Morgan fingerprint density at radius 1 is 1.03 bits per heavy atom. The molecular weight excluding hydrogens is 463 g/mol. The van der Waals surface area contributed by atoms with Crippen molar-refractivity contribution in [3.63, 3.8) is 0 Å². The van der Waals surface area contributed by atoms with Gasteiger partial charge in [0, 0.05) is 30.4 Å². The van der Waals surface area contributed by atoms with Gasteiger partial charge in [-0.15, -0.1) is 0 Å². The molecule has 1 unspecified atom stereocenters. The molecule has 1 atom stereocenters. The number of aliphatic hydroxyl groups excluding tert-OH is 1. The molecule has 1 aliphatic rings. The molecule has 3 N–H and O–H groups in total. The molecule has 0 radical (unpaired) electrons. The number of carbonyl (C=O) groups is 1. The first-order valence-corrected chi connectivity index (χ1v) is 12.6. The fraction of sp³-hybridized carbons (Fsp3) is 0.344. The maximum atomic E-state index is 13.5. The highest BCUT2D eigenvalue weighted by molar-refractivity contribution is 5.92. The van der Waals surface area contributed by atoms with Crippen molar-refractivity contribution >= 4 is 11.6 Å². The number of anilines is 1. The number of amides is 1. The summed E-state index contributed by atoms with van der Waals surface area (Å²) in [6.45, 7) is 9.69. The third-order valence-corrected chi connectivity index (χ3v) is 7.50. The van der Waals surface area contributed by atoms with Crippen molar-refractivity contribution in [1.82, 2.24) is 0 Å². The monoisotopic (exact) mass is 498 g/mol. The summed E-state index contributed by atoms with van der Waals surface area (Å²) < 4.78 is 13.5. The fourth-order valence-corrected chi connectivity index (χ4v) is 5.14. The van der Waals surface area contributed by atoms with Gasteiger partial charge >= 0.3 is 0 Å². The van der Waals surface area contributed by atoms with Crippen molar-refractivity contribution < 1.29 is 14.3 Å². The molecule has 0 bridgehead atoms. The number of benzene rings is 3. The van der Waals surface area contributed by atoms with Crippen LogP contribution < -0.4 is 10.6 Å². The summed E-state index contributed by atoms with van der Waals surface area (Å²) in [4.78, 5) is 13.5. The lowest BCUT2D eigenvalue weighted by Crippen LogP contribution is -2.36.